The van der Waals surface area contributed by atoms with Gasteiger partial charge in [-0.2, -0.15) is 4.31 Å². The van der Waals surface area contributed by atoms with Gasteiger partial charge in [0.25, 0.3) is 0 Å². The monoisotopic (exact) mass is 501 g/mol. The molecule has 1 N–H and O–H groups in total. The molecule has 4 rings (SSSR count). The minimum Gasteiger partial charge on any atom is -0.355 e. The fraction of sp³-hybridized carbons (Fsp3) is 0.280. The number of benzene rings is 2. The molecule has 3 aromatic rings. The lowest BCUT2D eigenvalue weighted by atomic mass is 9.98. The Hall–Kier alpha value is -3.37. The molecule has 1 fully saturated rings. The van der Waals surface area contributed by atoms with Gasteiger partial charge in [-0.25, -0.2) is 17.2 Å². The summed E-state index contributed by atoms with van der Waals surface area (Å²) in [4.78, 5) is 12.7. The lowest BCUT2D eigenvalue weighted by Crippen LogP contribution is -2.43. The first kappa shape index (κ1) is 24.7. The highest BCUT2D eigenvalue weighted by atomic mass is 32.2. The Morgan fingerprint density at radius 2 is 1.91 bits per heavy atom. The number of aryl methyl sites for hydroxylation is 2. The van der Waals surface area contributed by atoms with Gasteiger partial charge in [0.05, 0.1) is 5.92 Å². The summed E-state index contributed by atoms with van der Waals surface area (Å²) in [5, 5.41) is 6.47. The van der Waals surface area contributed by atoms with Crippen molar-refractivity contribution in [3.63, 3.8) is 0 Å². The second-order valence-electron chi connectivity index (χ2n) is 8.47. The Bertz CT molecular complexity index is 1390. The van der Waals surface area contributed by atoms with E-state index >= 15 is 0 Å². The molecule has 1 atom stereocenters. The van der Waals surface area contributed by atoms with Crippen LogP contribution in [0, 0.1) is 31.4 Å². The van der Waals surface area contributed by atoms with Crippen LogP contribution < -0.4 is 5.32 Å². The van der Waals surface area contributed by atoms with Crippen LogP contribution >= 0.6 is 0 Å². The molecule has 2 heterocycles. The van der Waals surface area contributed by atoms with E-state index in [1.165, 1.54) is 35.5 Å². The van der Waals surface area contributed by atoms with E-state index in [2.05, 4.69) is 10.5 Å². The number of hydrogen-bond acceptors (Lipinski definition) is 5. The Morgan fingerprint density at radius 3 is 2.66 bits per heavy atom. The average Bonchev–Trinajstić information content (AvgIpc) is 3.22. The molecule has 0 bridgehead atoms. The highest BCUT2D eigenvalue weighted by Crippen LogP contribution is 2.30. The summed E-state index contributed by atoms with van der Waals surface area (Å²) < 4.78 is 61.3. The Balaban J connectivity index is 1.54. The molecule has 1 aliphatic heterocycles. The Morgan fingerprint density at radius 1 is 1.14 bits per heavy atom. The molecule has 1 aliphatic rings. The zero-order valence-electron chi connectivity index (χ0n) is 19.3. The lowest BCUT2D eigenvalue weighted by Gasteiger charge is -2.31. The summed E-state index contributed by atoms with van der Waals surface area (Å²) in [5.41, 5.74) is 1.21. The van der Waals surface area contributed by atoms with Gasteiger partial charge < -0.3 is 9.84 Å². The summed E-state index contributed by atoms with van der Waals surface area (Å²) in [6.07, 6.45) is 3.76. The average molecular weight is 502 g/mol. The van der Waals surface area contributed by atoms with E-state index in [0.29, 0.717) is 24.1 Å². The molecule has 0 radical (unpaired) electrons. The van der Waals surface area contributed by atoms with E-state index in [0.717, 1.165) is 0 Å². The van der Waals surface area contributed by atoms with E-state index in [9.17, 15) is 22.0 Å². The Kier molecular flexibility index (Phi) is 7.13. The van der Waals surface area contributed by atoms with Gasteiger partial charge >= 0.3 is 0 Å². The number of nitrogens with zero attached hydrogens (tertiary/aromatic N) is 2. The number of hydrogen-bond donors (Lipinski definition) is 1. The molecule has 0 spiro atoms. The third-order valence-corrected chi connectivity index (χ3v) is 7.97. The fourth-order valence-electron chi connectivity index (χ4n) is 3.99. The number of amides is 1. The molecule has 1 aromatic heterocycles. The van der Waals surface area contributed by atoms with Crippen molar-refractivity contribution in [2.45, 2.75) is 31.6 Å². The molecule has 0 saturated carbocycles. The van der Waals surface area contributed by atoms with Crippen LogP contribution in [-0.4, -0.2) is 36.9 Å². The zero-order chi connectivity index (χ0) is 25.2. The van der Waals surface area contributed by atoms with Gasteiger partial charge in [-0.1, -0.05) is 29.4 Å². The number of sulfonamides is 1. The molecule has 0 aliphatic carbocycles. The summed E-state index contributed by atoms with van der Waals surface area (Å²) in [6, 6.07) is 10.5. The SMILES string of the molecule is Cc1ccc(NC(=O)[C@@H]2CCCN(S(=O)(=O)c3c(C)noc3/C=C/c3ccccc3F)C2)cc1F. The molecule has 1 amide bonds. The number of rotatable bonds is 6. The number of carbonyl (C=O) groups excluding carboxylic acids is 1. The minimum atomic E-state index is -4.05. The molecule has 1 saturated heterocycles. The minimum absolute atomic E-state index is 0.0209. The number of piperidine rings is 1. The summed E-state index contributed by atoms with van der Waals surface area (Å²) in [7, 11) is -4.05. The van der Waals surface area contributed by atoms with E-state index in [4.69, 9.17) is 4.52 Å². The van der Waals surface area contributed by atoms with Crippen LogP contribution in [0.15, 0.2) is 51.9 Å². The second-order valence-corrected chi connectivity index (χ2v) is 10.3. The number of nitrogens with one attached hydrogen (secondary N) is 1. The maximum Gasteiger partial charge on any atom is 0.248 e. The number of halogens is 2. The van der Waals surface area contributed by atoms with Crippen molar-refractivity contribution in [1.29, 1.82) is 0 Å². The van der Waals surface area contributed by atoms with Crippen LogP contribution in [0.5, 0.6) is 0 Å². The third kappa shape index (κ3) is 5.33. The Labute approximate surface area is 202 Å². The topological polar surface area (TPSA) is 92.5 Å². The number of carbonyl (C=O) groups is 1. The van der Waals surface area contributed by atoms with E-state index in [1.54, 1.807) is 37.3 Å². The first-order valence-corrected chi connectivity index (χ1v) is 12.6. The first-order valence-electron chi connectivity index (χ1n) is 11.1. The van der Waals surface area contributed by atoms with Gasteiger partial charge in [0.2, 0.25) is 15.9 Å². The summed E-state index contributed by atoms with van der Waals surface area (Å²) in [5.74, 6) is -1.90. The van der Waals surface area contributed by atoms with Gasteiger partial charge in [0.15, 0.2) is 10.7 Å². The van der Waals surface area contributed by atoms with Gasteiger partial charge in [0.1, 0.15) is 17.3 Å². The van der Waals surface area contributed by atoms with Crippen LogP contribution in [0.1, 0.15) is 35.4 Å². The zero-order valence-corrected chi connectivity index (χ0v) is 20.1. The number of aromatic nitrogens is 1. The molecule has 0 unspecified atom stereocenters. The molecule has 184 valence electrons. The largest absolute Gasteiger partial charge is 0.355 e. The van der Waals surface area contributed by atoms with Crippen LogP contribution in [0.25, 0.3) is 12.2 Å². The van der Waals surface area contributed by atoms with Gasteiger partial charge in [0, 0.05) is 24.3 Å². The maximum absolute atomic E-state index is 14.0. The van der Waals surface area contributed by atoms with E-state index < -0.39 is 27.6 Å². The van der Waals surface area contributed by atoms with Crippen molar-refractivity contribution in [2.24, 2.45) is 5.92 Å². The van der Waals surface area contributed by atoms with Gasteiger partial charge in [-0.3, -0.25) is 4.79 Å². The molecule has 2 aromatic carbocycles. The third-order valence-electron chi connectivity index (χ3n) is 5.94. The van der Waals surface area contributed by atoms with Crippen molar-refractivity contribution in [1.82, 2.24) is 9.46 Å². The first-order chi connectivity index (χ1) is 16.7. The van der Waals surface area contributed by atoms with E-state index in [-0.39, 0.29) is 40.9 Å². The van der Waals surface area contributed by atoms with Crippen LogP contribution in [0.3, 0.4) is 0 Å². The van der Waals surface area contributed by atoms with Crippen molar-refractivity contribution >= 4 is 33.8 Å². The second kappa shape index (κ2) is 10.1. The van der Waals surface area contributed by atoms with E-state index in [1.807, 2.05) is 0 Å². The van der Waals surface area contributed by atoms with Crippen LogP contribution in [0.4, 0.5) is 14.5 Å². The van der Waals surface area contributed by atoms with Crippen LogP contribution in [-0.2, 0) is 14.8 Å². The van der Waals surface area contributed by atoms with Crippen molar-refractivity contribution in [3.05, 3.63) is 76.7 Å². The summed E-state index contributed by atoms with van der Waals surface area (Å²) in [6.45, 7) is 3.32. The highest BCUT2D eigenvalue weighted by molar-refractivity contribution is 7.89. The van der Waals surface area contributed by atoms with Crippen molar-refractivity contribution in [3.8, 4) is 0 Å². The van der Waals surface area contributed by atoms with Gasteiger partial charge in [-0.15, -0.1) is 0 Å². The smallest absolute Gasteiger partial charge is 0.248 e. The van der Waals surface area contributed by atoms with Gasteiger partial charge in [-0.05, 0) is 62.6 Å². The quantitative estimate of drug-likeness (QED) is 0.525. The predicted octanol–water partition coefficient (Wildman–Crippen LogP) is 4.78. The lowest BCUT2D eigenvalue weighted by molar-refractivity contribution is -0.120. The van der Waals surface area contributed by atoms with Crippen molar-refractivity contribution < 1.29 is 26.5 Å². The standard InChI is InChI=1S/C25H25F2N3O4S/c1-16-9-11-20(14-22(16)27)28-25(31)19-7-5-13-30(15-19)35(32,33)24-17(2)29-34-23(24)12-10-18-6-3-4-8-21(18)26/h3-4,6,8-12,14,19H,5,7,13,15H2,1-2H3,(H,28,31)/b12-10+/t19-/m1/s1. The van der Waals surface area contributed by atoms with Crippen LogP contribution in [0.2, 0.25) is 0 Å². The fourth-order valence-corrected chi connectivity index (χ4v) is 5.77. The highest BCUT2D eigenvalue weighted by Gasteiger charge is 2.37. The van der Waals surface area contributed by atoms with Crippen molar-refractivity contribution in [2.75, 3.05) is 18.4 Å². The molecular weight excluding hydrogens is 476 g/mol. The molecular formula is C25H25F2N3O4S. The molecule has 7 nitrogen and oxygen atoms in total. The predicted molar refractivity (Wildman–Crippen MR) is 128 cm³/mol. The summed E-state index contributed by atoms with van der Waals surface area (Å²) >= 11 is 0. The molecule has 10 heteroatoms. The normalized spacial score (nSPS) is 17.1. The number of anilines is 1. The maximum atomic E-state index is 14.0. The molecule has 35 heavy (non-hydrogen) atoms.